The second kappa shape index (κ2) is 8.76. The third-order valence-corrected chi connectivity index (χ3v) is 5.03. The van der Waals surface area contributed by atoms with Gasteiger partial charge in [0.15, 0.2) is 0 Å². The van der Waals surface area contributed by atoms with Gasteiger partial charge >= 0.3 is 6.09 Å². The summed E-state index contributed by atoms with van der Waals surface area (Å²) in [5, 5.41) is 23.4. The number of nitrogens with one attached hydrogen (secondary N) is 1. The number of nitrogens with zero attached hydrogens (tertiary/aromatic N) is 3. The summed E-state index contributed by atoms with van der Waals surface area (Å²) in [6.45, 7) is 7.50. The fraction of sp³-hybridized carbons (Fsp3) is 0.500. The summed E-state index contributed by atoms with van der Waals surface area (Å²) in [4.78, 5) is 18.5. The molecule has 29 heavy (non-hydrogen) atoms. The van der Waals surface area contributed by atoms with E-state index in [1.54, 1.807) is 12.3 Å². The Bertz CT molecular complexity index is 916. The maximum Gasteiger partial charge on any atom is 0.407 e. The lowest BCUT2D eigenvalue weighted by atomic mass is 10.0. The minimum Gasteiger partial charge on any atom is -0.444 e. The molecule has 0 aliphatic carbocycles. The van der Waals surface area contributed by atoms with Gasteiger partial charge in [0.2, 0.25) is 0 Å². The molecule has 0 unspecified atom stereocenters. The van der Waals surface area contributed by atoms with Crippen molar-refractivity contribution in [1.29, 1.82) is 5.26 Å². The molecule has 3 rings (SSSR count). The maximum absolute atomic E-state index is 12.0. The molecule has 1 aliphatic rings. The Kier molecular flexibility index (Phi) is 6.36. The molecule has 0 saturated carbocycles. The molecule has 1 amide bonds. The van der Waals surface area contributed by atoms with Crippen LogP contribution in [0.2, 0.25) is 0 Å². The third kappa shape index (κ3) is 5.66. The smallest absolute Gasteiger partial charge is 0.407 e. The van der Waals surface area contributed by atoms with E-state index in [0.29, 0.717) is 18.5 Å². The van der Waals surface area contributed by atoms with E-state index >= 15 is 0 Å². The van der Waals surface area contributed by atoms with E-state index in [1.807, 2.05) is 39.0 Å². The van der Waals surface area contributed by atoms with E-state index in [-0.39, 0.29) is 6.04 Å². The molecule has 1 saturated heterocycles. The van der Waals surface area contributed by atoms with Crippen molar-refractivity contribution in [2.75, 3.05) is 19.6 Å². The van der Waals surface area contributed by atoms with Crippen molar-refractivity contribution in [3.8, 4) is 6.07 Å². The van der Waals surface area contributed by atoms with Gasteiger partial charge in [-0.15, -0.1) is 0 Å². The SMILES string of the molecule is CC(C)(C)OC(=O)N[C@H]1CCN(CCc2ccnc3ccc(C#N)cc23)C[C@H]1O. The number of aromatic nitrogens is 1. The predicted molar refractivity (Wildman–Crippen MR) is 110 cm³/mol. The first kappa shape index (κ1) is 21.0. The summed E-state index contributed by atoms with van der Waals surface area (Å²) in [5.74, 6) is 0. The van der Waals surface area contributed by atoms with E-state index in [2.05, 4.69) is 21.3 Å². The van der Waals surface area contributed by atoms with Crippen molar-refractivity contribution in [2.24, 2.45) is 0 Å². The van der Waals surface area contributed by atoms with Crippen molar-refractivity contribution >= 4 is 17.0 Å². The van der Waals surface area contributed by atoms with E-state index in [4.69, 9.17) is 10.00 Å². The van der Waals surface area contributed by atoms with Gasteiger partial charge in [0.1, 0.15) is 5.60 Å². The summed E-state index contributed by atoms with van der Waals surface area (Å²) >= 11 is 0. The first-order valence-corrected chi connectivity index (χ1v) is 9.93. The average molecular weight is 396 g/mol. The summed E-state index contributed by atoms with van der Waals surface area (Å²) < 4.78 is 5.28. The molecular weight excluding hydrogens is 368 g/mol. The summed E-state index contributed by atoms with van der Waals surface area (Å²) in [5.41, 5.74) is 2.07. The molecule has 0 bridgehead atoms. The van der Waals surface area contributed by atoms with Crippen LogP contribution in [0.25, 0.3) is 10.9 Å². The monoisotopic (exact) mass is 396 g/mol. The largest absolute Gasteiger partial charge is 0.444 e. The number of amides is 1. The summed E-state index contributed by atoms with van der Waals surface area (Å²) in [7, 11) is 0. The lowest BCUT2D eigenvalue weighted by Crippen LogP contribution is -2.54. The number of benzene rings is 1. The van der Waals surface area contributed by atoms with Crippen molar-refractivity contribution in [3.05, 3.63) is 41.6 Å². The molecule has 1 aromatic heterocycles. The highest BCUT2D eigenvalue weighted by atomic mass is 16.6. The quantitative estimate of drug-likeness (QED) is 0.824. The zero-order valence-corrected chi connectivity index (χ0v) is 17.2. The Morgan fingerprint density at radius 1 is 1.41 bits per heavy atom. The predicted octanol–water partition coefficient (Wildman–Crippen LogP) is 2.61. The van der Waals surface area contributed by atoms with Crippen LogP contribution in [-0.2, 0) is 11.2 Å². The van der Waals surface area contributed by atoms with Crippen LogP contribution in [0.4, 0.5) is 4.79 Å². The van der Waals surface area contributed by atoms with Crippen LogP contribution in [-0.4, -0.2) is 58.5 Å². The maximum atomic E-state index is 12.0. The first-order valence-electron chi connectivity index (χ1n) is 9.93. The van der Waals surface area contributed by atoms with Gasteiger partial charge in [0, 0.05) is 31.2 Å². The lowest BCUT2D eigenvalue weighted by Gasteiger charge is -2.36. The first-order chi connectivity index (χ1) is 13.7. The van der Waals surface area contributed by atoms with Gasteiger partial charge in [-0.2, -0.15) is 5.26 Å². The number of piperidine rings is 1. The van der Waals surface area contributed by atoms with E-state index in [1.165, 1.54) is 0 Å². The Balaban J connectivity index is 1.57. The number of aliphatic hydroxyl groups is 1. The summed E-state index contributed by atoms with van der Waals surface area (Å²) in [6.07, 6.45) is 2.11. The van der Waals surface area contributed by atoms with Crippen LogP contribution in [0.15, 0.2) is 30.5 Å². The van der Waals surface area contributed by atoms with Gasteiger partial charge in [-0.25, -0.2) is 4.79 Å². The minimum absolute atomic E-state index is 0.305. The minimum atomic E-state index is -0.643. The average Bonchev–Trinajstić information content (AvgIpc) is 2.66. The van der Waals surface area contributed by atoms with Gasteiger partial charge < -0.3 is 20.1 Å². The van der Waals surface area contributed by atoms with Crippen molar-refractivity contribution in [1.82, 2.24) is 15.2 Å². The molecule has 1 aromatic carbocycles. The highest BCUT2D eigenvalue weighted by Gasteiger charge is 2.30. The molecule has 2 heterocycles. The topological polar surface area (TPSA) is 98.5 Å². The Labute approximate surface area is 171 Å². The number of nitriles is 1. The fourth-order valence-electron chi connectivity index (χ4n) is 3.60. The van der Waals surface area contributed by atoms with Crippen LogP contribution in [0.3, 0.4) is 0 Å². The van der Waals surface area contributed by atoms with E-state index in [0.717, 1.165) is 36.0 Å². The van der Waals surface area contributed by atoms with Crippen molar-refractivity contribution in [3.63, 3.8) is 0 Å². The number of likely N-dealkylation sites (tertiary alicyclic amines) is 1. The lowest BCUT2D eigenvalue weighted by molar-refractivity contribution is 0.0204. The number of alkyl carbamates (subject to hydrolysis) is 1. The normalized spacial score (nSPS) is 20.2. The van der Waals surface area contributed by atoms with Gasteiger partial charge in [-0.05, 0) is 63.4 Å². The molecule has 1 fully saturated rings. The number of carbonyl (C=O) groups is 1. The third-order valence-electron chi connectivity index (χ3n) is 5.03. The molecule has 154 valence electrons. The van der Waals surface area contributed by atoms with Crippen molar-refractivity contribution < 1.29 is 14.6 Å². The number of rotatable bonds is 4. The molecule has 7 nitrogen and oxygen atoms in total. The summed E-state index contributed by atoms with van der Waals surface area (Å²) in [6, 6.07) is 9.38. The zero-order valence-electron chi connectivity index (χ0n) is 17.2. The fourth-order valence-corrected chi connectivity index (χ4v) is 3.60. The number of β-amino-alcohol motifs (C(OH)–C–C–N with tert-alkyl or cyclic N) is 1. The Morgan fingerprint density at radius 2 is 2.21 bits per heavy atom. The molecule has 2 N–H and O–H groups in total. The highest BCUT2D eigenvalue weighted by molar-refractivity contribution is 5.83. The zero-order chi connectivity index (χ0) is 21.0. The molecule has 0 spiro atoms. The number of fused-ring (bicyclic) bond motifs is 1. The number of hydrogen-bond acceptors (Lipinski definition) is 6. The van der Waals surface area contributed by atoms with Crippen LogP contribution in [0, 0.1) is 11.3 Å². The number of carbonyl (C=O) groups excluding carboxylic acids is 1. The van der Waals surface area contributed by atoms with E-state index < -0.39 is 17.8 Å². The standard InChI is InChI=1S/C22H28N4O3/c1-22(2,3)29-21(28)25-19-8-11-26(14-20(19)27)10-7-16-6-9-24-18-5-4-15(13-23)12-17(16)18/h4-6,9,12,19-20,27H,7-8,10-11,14H2,1-3H3,(H,25,28)/t19-,20+/m0/s1. The molecule has 1 aliphatic heterocycles. The van der Waals surface area contributed by atoms with Gasteiger partial charge in [0.05, 0.1) is 29.3 Å². The van der Waals surface area contributed by atoms with Crippen LogP contribution >= 0.6 is 0 Å². The molecule has 0 radical (unpaired) electrons. The molecule has 7 heteroatoms. The number of aliphatic hydroxyl groups excluding tert-OH is 1. The van der Waals surface area contributed by atoms with E-state index in [9.17, 15) is 9.90 Å². The number of pyridine rings is 1. The number of hydrogen-bond donors (Lipinski definition) is 2. The van der Waals surface area contributed by atoms with Gasteiger partial charge in [-0.1, -0.05) is 0 Å². The molecular formula is C22H28N4O3. The van der Waals surface area contributed by atoms with Crippen molar-refractivity contribution in [2.45, 2.75) is 51.4 Å². The Hall–Kier alpha value is -2.69. The molecule has 2 atom stereocenters. The van der Waals surface area contributed by atoms with Gasteiger partial charge in [0.25, 0.3) is 0 Å². The second-order valence-corrected chi connectivity index (χ2v) is 8.47. The Morgan fingerprint density at radius 3 is 2.90 bits per heavy atom. The second-order valence-electron chi connectivity index (χ2n) is 8.47. The number of ether oxygens (including phenoxy) is 1. The van der Waals surface area contributed by atoms with Gasteiger partial charge in [-0.3, -0.25) is 4.98 Å². The van der Waals surface area contributed by atoms with Crippen LogP contribution in [0.5, 0.6) is 0 Å². The highest BCUT2D eigenvalue weighted by Crippen LogP contribution is 2.20. The molecule has 2 aromatic rings. The van der Waals surface area contributed by atoms with Crippen LogP contribution in [0.1, 0.15) is 38.3 Å². The van der Waals surface area contributed by atoms with Crippen LogP contribution < -0.4 is 5.32 Å².